The molecule has 0 saturated carbocycles. The highest BCUT2D eigenvalue weighted by molar-refractivity contribution is 5.95. The summed E-state index contributed by atoms with van der Waals surface area (Å²) in [6.07, 6.45) is 2.80. The van der Waals surface area contributed by atoms with Crippen molar-refractivity contribution in [3.05, 3.63) is 29.8 Å². The summed E-state index contributed by atoms with van der Waals surface area (Å²) in [5.74, 6) is 0.122. The number of nitrogens with two attached hydrogens (primary N) is 1. The molecule has 3 rings (SSSR count). The van der Waals surface area contributed by atoms with Crippen molar-refractivity contribution in [3.63, 3.8) is 0 Å². The largest absolute Gasteiger partial charge is 0.398 e. The summed E-state index contributed by atoms with van der Waals surface area (Å²) in [5.41, 5.74) is 7.48. The van der Waals surface area contributed by atoms with Crippen molar-refractivity contribution in [2.75, 3.05) is 18.8 Å². The number of nitrogen functional groups attached to an aromatic ring is 1. The zero-order valence-electron chi connectivity index (χ0n) is 11.4. The van der Waals surface area contributed by atoms with E-state index in [4.69, 9.17) is 5.73 Å². The Bertz CT molecular complexity index is 544. The lowest BCUT2D eigenvalue weighted by atomic mass is 9.98. The average molecular weight is 273 g/mol. The predicted octanol–water partition coefficient (Wildman–Crippen LogP) is 0.992. The monoisotopic (exact) mass is 273 g/mol. The Morgan fingerprint density at radius 2 is 2.00 bits per heavy atom. The maximum Gasteiger partial charge on any atom is 0.246 e. The van der Waals surface area contributed by atoms with Crippen LogP contribution in [-0.2, 0) is 16.1 Å². The maximum atomic E-state index is 12.5. The lowest BCUT2D eigenvalue weighted by molar-refractivity contribution is -0.158. The highest BCUT2D eigenvalue weighted by atomic mass is 16.2. The fourth-order valence-corrected chi connectivity index (χ4v) is 3.05. The molecule has 106 valence electrons. The third-order valence-corrected chi connectivity index (χ3v) is 4.16. The molecule has 2 amide bonds. The summed E-state index contributed by atoms with van der Waals surface area (Å²) in [7, 11) is 0. The second kappa shape index (κ2) is 5.15. The van der Waals surface area contributed by atoms with Crippen LogP contribution in [0, 0.1) is 0 Å². The molecule has 5 nitrogen and oxygen atoms in total. The number of para-hydroxylation sites is 1. The number of hydrogen-bond acceptors (Lipinski definition) is 3. The number of nitrogens with zero attached hydrogens (tertiary/aromatic N) is 2. The summed E-state index contributed by atoms with van der Waals surface area (Å²) < 4.78 is 0. The minimum Gasteiger partial charge on any atom is -0.398 e. The molecule has 0 bridgehead atoms. The SMILES string of the molecule is Nc1ccccc1CN1CC(=O)N2CCCCC2C1=O. The number of piperazine rings is 1. The van der Waals surface area contributed by atoms with Crippen molar-refractivity contribution in [2.24, 2.45) is 0 Å². The molecule has 1 unspecified atom stereocenters. The summed E-state index contributed by atoms with van der Waals surface area (Å²) >= 11 is 0. The minimum atomic E-state index is -0.255. The van der Waals surface area contributed by atoms with Gasteiger partial charge < -0.3 is 15.5 Å². The van der Waals surface area contributed by atoms with E-state index in [-0.39, 0.29) is 24.4 Å². The lowest BCUT2D eigenvalue weighted by Gasteiger charge is -2.42. The van der Waals surface area contributed by atoms with Gasteiger partial charge in [-0.1, -0.05) is 18.2 Å². The number of piperidine rings is 1. The summed E-state index contributed by atoms with van der Waals surface area (Å²) in [6.45, 7) is 1.31. The zero-order valence-corrected chi connectivity index (χ0v) is 11.4. The van der Waals surface area contributed by atoms with Gasteiger partial charge in [0, 0.05) is 18.8 Å². The number of carbonyl (C=O) groups excluding carboxylic acids is 2. The number of rotatable bonds is 2. The van der Waals surface area contributed by atoms with Crippen LogP contribution >= 0.6 is 0 Å². The Hall–Kier alpha value is -2.04. The van der Waals surface area contributed by atoms with E-state index in [0.717, 1.165) is 31.4 Å². The molecule has 2 saturated heterocycles. The molecule has 1 atom stereocenters. The first-order chi connectivity index (χ1) is 9.66. The van der Waals surface area contributed by atoms with Crippen molar-refractivity contribution in [1.29, 1.82) is 0 Å². The molecule has 1 aromatic rings. The van der Waals surface area contributed by atoms with Gasteiger partial charge in [-0.3, -0.25) is 9.59 Å². The number of carbonyl (C=O) groups is 2. The Balaban J connectivity index is 1.79. The van der Waals surface area contributed by atoms with E-state index in [1.54, 1.807) is 9.80 Å². The smallest absolute Gasteiger partial charge is 0.246 e. The van der Waals surface area contributed by atoms with Crippen LogP contribution < -0.4 is 5.73 Å². The number of benzene rings is 1. The van der Waals surface area contributed by atoms with Crippen LogP contribution in [0.1, 0.15) is 24.8 Å². The molecule has 2 heterocycles. The van der Waals surface area contributed by atoms with Crippen LogP contribution in [0.4, 0.5) is 5.69 Å². The Labute approximate surface area is 118 Å². The Morgan fingerprint density at radius 3 is 2.80 bits per heavy atom. The Kier molecular flexibility index (Phi) is 3.34. The normalized spacial score (nSPS) is 22.9. The topological polar surface area (TPSA) is 66.6 Å². The van der Waals surface area contributed by atoms with Crippen molar-refractivity contribution in [3.8, 4) is 0 Å². The first kappa shape index (κ1) is 13.0. The maximum absolute atomic E-state index is 12.5. The fourth-order valence-electron chi connectivity index (χ4n) is 3.05. The minimum absolute atomic E-state index is 0.0591. The van der Waals surface area contributed by atoms with E-state index < -0.39 is 0 Å². The van der Waals surface area contributed by atoms with Crippen LogP contribution in [0.25, 0.3) is 0 Å². The molecular weight excluding hydrogens is 254 g/mol. The molecule has 0 radical (unpaired) electrons. The van der Waals surface area contributed by atoms with Crippen molar-refractivity contribution in [1.82, 2.24) is 9.80 Å². The van der Waals surface area contributed by atoms with Gasteiger partial charge in [-0.15, -0.1) is 0 Å². The standard InChI is InChI=1S/C15H19N3O2/c16-12-6-2-1-5-11(12)9-17-10-14(19)18-8-4-3-7-13(18)15(17)20/h1-2,5-6,13H,3-4,7-10,16H2. The summed E-state index contributed by atoms with van der Waals surface area (Å²) in [5, 5.41) is 0. The molecule has 2 aliphatic heterocycles. The van der Waals surface area contributed by atoms with E-state index in [1.165, 1.54) is 0 Å². The third-order valence-electron chi connectivity index (χ3n) is 4.16. The lowest BCUT2D eigenvalue weighted by Crippen LogP contribution is -2.60. The molecule has 0 aliphatic carbocycles. The van der Waals surface area contributed by atoms with Gasteiger partial charge in [-0.2, -0.15) is 0 Å². The molecule has 0 aromatic heterocycles. The van der Waals surface area contributed by atoms with E-state index in [9.17, 15) is 9.59 Å². The predicted molar refractivity (Wildman–Crippen MR) is 75.6 cm³/mol. The number of amides is 2. The quantitative estimate of drug-likeness (QED) is 0.817. The van der Waals surface area contributed by atoms with Gasteiger partial charge in [0.05, 0.1) is 0 Å². The van der Waals surface area contributed by atoms with Crippen molar-refractivity contribution < 1.29 is 9.59 Å². The molecule has 5 heteroatoms. The molecule has 1 aromatic carbocycles. The first-order valence-electron chi connectivity index (χ1n) is 7.08. The van der Waals surface area contributed by atoms with Gasteiger partial charge in [0.1, 0.15) is 12.6 Å². The fraction of sp³-hybridized carbons (Fsp3) is 0.467. The zero-order chi connectivity index (χ0) is 14.1. The Morgan fingerprint density at radius 1 is 1.20 bits per heavy atom. The van der Waals surface area contributed by atoms with Crippen LogP contribution in [0.3, 0.4) is 0 Å². The molecule has 0 spiro atoms. The van der Waals surface area contributed by atoms with E-state index in [1.807, 2.05) is 24.3 Å². The third kappa shape index (κ3) is 2.24. The van der Waals surface area contributed by atoms with Crippen molar-refractivity contribution in [2.45, 2.75) is 31.8 Å². The van der Waals surface area contributed by atoms with Gasteiger partial charge in [-0.25, -0.2) is 0 Å². The van der Waals surface area contributed by atoms with Crippen LogP contribution in [0.5, 0.6) is 0 Å². The van der Waals surface area contributed by atoms with E-state index in [0.29, 0.717) is 12.2 Å². The van der Waals surface area contributed by atoms with Gasteiger partial charge in [0.2, 0.25) is 11.8 Å². The number of hydrogen-bond donors (Lipinski definition) is 1. The molecule has 20 heavy (non-hydrogen) atoms. The highest BCUT2D eigenvalue weighted by Crippen LogP contribution is 2.25. The molecule has 2 fully saturated rings. The molecule has 2 aliphatic rings. The summed E-state index contributed by atoms with van der Waals surface area (Å²) in [4.78, 5) is 28.1. The van der Waals surface area contributed by atoms with Crippen molar-refractivity contribution >= 4 is 17.5 Å². The second-order valence-corrected chi connectivity index (χ2v) is 5.49. The van der Waals surface area contributed by atoms with E-state index >= 15 is 0 Å². The van der Waals surface area contributed by atoms with Gasteiger partial charge in [0.15, 0.2) is 0 Å². The van der Waals surface area contributed by atoms with Gasteiger partial charge >= 0.3 is 0 Å². The van der Waals surface area contributed by atoms with Gasteiger partial charge in [0.25, 0.3) is 0 Å². The molecular formula is C15H19N3O2. The highest BCUT2D eigenvalue weighted by Gasteiger charge is 2.40. The van der Waals surface area contributed by atoms with Crippen LogP contribution in [0.2, 0.25) is 0 Å². The van der Waals surface area contributed by atoms with Gasteiger partial charge in [-0.05, 0) is 30.9 Å². The number of fused-ring (bicyclic) bond motifs is 1. The average Bonchev–Trinajstić information content (AvgIpc) is 2.47. The van der Waals surface area contributed by atoms with Crippen LogP contribution in [0.15, 0.2) is 24.3 Å². The van der Waals surface area contributed by atoms with Crippen LogP contribution in [-0.4, -0.2) is 40.7 Å². The first-order valence-corrected chi connectivity index (χ1v) is 7.08. The second-order valence-electron chi connectivity index (χ2n) is 5.49. The number of anilines is 1. The molecule has 2 N–H and O–H groups in total. The summed E-state index contributed by atoms with van der Waals surface area (Å²) in [6, 6.07) is 7.23. The van der Waals surface area contributed by atoms with E-state index in [2.05, 4.69) is 0 Å².